The molecule has 102 valence electrons. The standard InChI is InChI=1S/C14H23NO2S/c1-12-10-14(18-9-8-17-3)5-4-13(12)11-15-6-7-16-2/h4-5,10,15H,6-9,11H2,1-3H3. The van der Waals surface area contributed by atoms with Gasteiger partial charge in [-0.25, -0.2) is 0 Å². The molecule has 3 nitrogen and oxygen atoms in total. The highest BCUT2D eigenvalue weighted by atomic mass is 32.2. The number of aryl methyl sites for hydroxylation is 1. The first-order valence-corrected chi connectivity index (χ1v) is 7.17. The molecule has 1 N–H and O–H groups in total. The first kappa shape index (κ1) is 15.5. The van der Waals surface area contributed by atoms with Crippen LogP contribution in [-0.4, -0.2) is 39.7 Å². The zero-order valence-electron chi connectivity index (χ0n) is 11.5. The summed E-state index contributed by atoms with van der Waals surface area (Å²) in [5, 5.41) is 3.36. The Morgan fingerprint density at radius 1 is 1.17 bits per heavy atom. The first-order chi connectivity index (χ1) is 8.77. The number of nitrogens with one attached hydrogen (secondary N) is 1. The zero-order chi connectivity index (χ0) is 13.2. The number of rotatable bonds is 9. The lowest BCUT2D eigenvalue weighted by Gasteiger charge is -2.09. The van der Waals surface area contributed by atoms with Crippen LogP contribution in [0.15, 0.2) is 23.1 Å². The molecular formula is C14H23NO2S. The van der Waals surface area contributed by atoms with Gasteiger partial charge in [0, 0.05) is 38.0 Å². The van der Waals surface area contributed by atoms with E-state index in [4.69, 9.17) is 9.47 Å². The highest BCUT2D eigenvalue weighted by Gasteiger charge is 2.00. The Kier molecular flexibility index (Phi) is 8.09. The molecular weight excluding hydrogens is 246 g/mol. The summed E-state index contributed by atoms with van der Waals surface area (Å²) in [5.41, 5.74) is 2.68. The van der Waals surface area contributed by atoms with Gasteiger partial charge in [0.15, 0.2) is 0 Å². The Balaban J connectivity index is 2.41. The van der Waals surface area contributed by atoms with Crippen LogP contribution in [0.5, 0.6) is 0 Å². The van der Waals surface area contributed by atoms with Crippen molar-refractivity contribution in [2.45, 2.75) is 18.4 Å². The summed E-state index contributed by atoms with van der Waals surface area (Å²) in [6, 6.07) is 6.62. The van der Waals surface area contributed by atoms with Crippen molar-refractivity contribution in [2.75, 3.05) is 39.7 Å². The van der Waals surface area contributed by atoms with Crippen molar-refractivity contribution < 1.29 is 9.47 Å². The number of benzene rings is 1. The van der Waals surface area contributed by atoms with Gasteiger partial charge >= 0.3 is 0 Å². The van der Waals surface area contributed by atoms with E-state index in [0.717, 1.165) is 32.1 Å². The summed E-state index contributed by atoms with van der Waals surface area (Å²) in [7, 11) is 3.46. The maximum Gasteiger partial charge on any atom is 0.0587 e. The Bertz CT molecular complexity index is 345. The molecule has 0 bridgehead atoms. The number of hydrogen-bond donors (Lipinski definition) is 1. The topological polar surface area (TPSA) is 30.5 Å². The quantitative estimate of drug-likeness (QED) is 0.551. The van der Waals surface area contributed by atoms with Crippen LogP contribution in [0.2, 0.25) is 0 Å². The smallest absolute Gasteiger partial charge is 0.0587 e. The minimum atomic E-state index is 0.754. The van der Waals surface area contributed by atoms with E-state index in [1.807, 2.05) is 11.8 Å². The van der Waals surface area contributed by atoms with Gasteiger partial charge in [-0.1, -0.05) is 6.07 Å². The molecule has 0 heterocycles. The van der Waals surface area contributed by atoms with Crippen molar-refractivity contribution in [1.29, 1.82) is 0 Å². The van der Waals surface area contributed by atoms with Crippen LogP contribution >= 0.6 is 11.8 Å². The second-order valence-corrected chi connectivity index (χ2v) is 5.27. The fourth-order valence-corrected chi connectivity index (χ4v) is 2.51. The lowest BCUT2D eigenvalue weighted by Crippen LogP contribution is -2.19. The van der Waals surface area contributed by atoms with Crippen molar-refractivity contribution in [3.05, 3.63) is 29.3 Å². The van der Waals surface area contributed by atoms with Crippen molar-refractivity contribution in [3.63, 3.8) is 0 Å². The van der Waals surface area contributed by atoms with E-state index in [2.05, 4.69) is 30.4 Å². The lowest BCUT2D eigenvalue weighted by atomic mass is 10.1. The largest absolute Gasteiger partial charge is 0.384 e. The fourth-order valence-electron chi connectivity index (χ4n) is 1.60. The number of ether oxygens (including phenoxy) is 2. The molecule has 1 rings (SSSR count). The zero-order valence-corrected chi connectivity index (χ0v) is 12.3. The molecule has 0 radical (unpaired) electrons. The third-order valence-electron chi connectivity index (χ3n) is 2.67. The van der Waals surface area contributed by atoms with Gasteiger partial charge in [0.25, 0.3) is 0 Å². The number of thioether (sulfide) groups is 1. The third kappa shape index (κ3) is 5.87. The molecule has 0 atom stereocenters. The minimum absolute atomic E-state index is 0.754. The normalized spacial score (nSPS) is 10.8. The second-order valence-electron chi connectivity index (χ2n) is 4.10. The highest BCUT2D eigenvalue weighted by Crippen LogP contribution is 2.21. The van der Waals surface area contributed by atoms with Crippen LogP contribution in [0.4, 0.5) is 0 Å². The Labute approximate surface area is 114 Å². The molecule has 0 aliphatic rings. The van der Waals surface area contributed by atoms with Crippen molar-refractivity contribution >= 4 is 11.8 Å². The summed E-state index contributed by atoms with van der Waals surface area (Å²) in [6.45, 7) is 5.50. The molecule has 18 heavy (non-hydrogen) atoms. The first-order valence-electron chi connectivity index (χ1n) is 6.19. The van der Waals surface area contributed by atoms with Crippen LogP contribution in [0.3, 0.4) is 0 Å². The number of hydrogen-bond acceptors (Lipinski definition) is 4. The Morgan fingerprint density at radius 3 is 2.61 bits per heavy atom. The molecule has 1 aromatic rings. The molecule has 0 spiro atoms. The van der Waals surface area contributed by atoms with Crippen LogP contribution in [0.25, 0.3) is 0 Å². The van der Waals surface area contributed by atoms with Crippen molar-refractivity contribution in [1.82, 2.24) is 5.32 Å². The Hall–Kier alpha value is -0.550. The fraction of sp³-hybridized carbons (Fsp3) is 0.571. The van der Waals surface area contributed by atoms with Crippen LogP contribution in [-0.2, 0) is 16.0 Å². The average molecular weight is 269 g/mol. The minimum Gasteiger partial charge on any atom is -0.384 e. The molecule has 0 unspecified atom stereocenters. The van der Waals surface area contributed by atoms with Crippen molar-refractivity contribution in [3.8, 4) is 0 Å². The summed E-state index contributed by atoms with van der Waals surface area (Å²) in [6.07, 6.45) is 0. The summed E-state index contributed by atoms with van der Waals surface area (Å²) < 4.78 is 10.1. The van der Waals surface area contributed by atoms with Crippen LogP contribution in [0.1, 0.15) is 11.1 Å². The predicted molar refractivity (Wildman–Crippen MR) is 77.4 cm³/mol. The maximum atomic E-state index is 5.05. The summed E-state index contributed by atoms with van der Waals surface area (Å²) in [5.74, 6) is 1.00. The monoisotopic (exact) mass is 269 g/mol. The molecule has 0 fully saturated rings. The molecule has 0 saturated carbocycles. The lowest BCUT2D eigenvalue weighted by molar-refractivity contribution is 0.199. The van der Waals surface area contributed by atoms with Crippen LogP contribution in [0, 0.1) is 6.92 Å². The highest BCUT2D eigenvalue weighted by molar-refractivity contribution is 7.99. The molecule has 1 aromatic carbocycles. The second kappa shape index (κ2) is 9.39. The summed E-state index contributed by atoms with van der Waals surface area (Å²) >= 11 is 1.83. The van der Waals surface area contributed by atoms with Gasteiger partial charge in [0.2, 0.25) is 0 Å². The van der Waals surface area contributed by atoms with E-state index in [1.165, 1.54) is 16.0 Å². The molecule has 0 aliphatic heterocycles. The maximum absolute atomic E-state index is 5.05. The van der Waals surface area contributed by atoms with Crippen LogP contribution < -0.4 is 5.32 Å². The Morgan fingerprint density at radius 2 is 1.94 bits per heavy atom. The molecule has 0 saturated heterocycles. The van der Waals surface area contributed by atoms with Gasteiger partial charge in [-0.15, -0.1) is 11.8 Å². The molecule has 0 aromatic heterocycles. The van der Waals surface area contributed by atoms with Crippen molar-refractivity contribution in [2.24, 2.45) is 0 Å². The van der Waals surface area contributed by atoms with Gasteiger partial charge in [-0.05, 0) is 30.2 Å². The van der Waals surface area contributed by atoms with Gasteiger partial charge in [-0.3, -0.25) is 0 Å². The molecule has 0 aliphatic carbocycles. The van der Waals surface area contributed by atoms with Gasteiger partial charge < -0.3 is 14.8 Å². The number of methoxy groups -OCH3 is 2. The molecule has 4 heteroatoms. The van der Waals surface area contributed by atoms with E-state index in [0.29, 0.717) is 0 Å². The average Bonchev–Trinajstić information content (AvgIpc) is 2.37. The van der Waals surface area contributed by atoms with E-state index in [9.17, 15) is 0 Å². The van der Waals surface area contributed by atoms with Gasteiger partial charge in [-0.2, -0.15) is 0 Å². The SMILES string of the molecule is COCCNCc1ccc(SCCOC)cc1C. The predicted octanol–water partition coefficient (Wildman–Crippen LogP) is 2.47. The van der Waals surface area contributed by atoms with E-state index >= 15 is 0 Å². The van der Waals surface area contributed by atoms with Gasteiger partial charge in [0.05, 0.1) is 13.2 Å². The molecule has 0 amide bonds. The summed E-state index contributed by atoms with van der Waals surface area (Å²) in [4.78, 5) is 1.31. The van der Waals surface area contributed by atoms with Gasteiger partial charge in [0.1, 0.15) is 0 Å². The van der Waals surface area contributed by atoms with E-state index in [-0.39, 0.29) is 0 Å². The van der Waals surface area contributed by atoms with E-state index in [1.54, 1.807) is 14.2 Å². The third-order valence-corrected chi connectivity index (χ3v) is 3.63. The van der Waals surface area contributed by atoms with E-state index < -0.39 is 0 Å².